The van der Waals surface area contributed by atoms with E-state index in [0.717, 1.165) is 5.56 Å². The largest absolute Gasteiger partial charge is 0.472 e. The molecular formula is C77H62BF24IrNO2P-. The van der Waals surface area contributed by atoms with Gasteiger partial charge in [-0.25, -0.2) is 4.99 Å². The van der Waals surface area contributed by atoms with E-state index in [4.69, 9.17) is 14.3 Å². The van der Waals surface area contributed by atoms with Gasteiger partial charge in [-0.05, 0) is 54.4 Å². The molecule has 0 bridgehead atoms. The van der Waals surface area contributed by atoms with Crippen LogP contribution < -0.4 is 32.5 Å². The molecule has 9 aromatic carbocycles. The zero-order chi connectivity index (χ0) is 77.5. The van der Waals surface area contributed by atoms with Gasteiger partial charge in [0.05, 0.1) is 52.7 Å². The number of aliphatic imine (C=N–C) groups is 1. The molecule has 1 aliphatic heterocycles. The molecule has 107 heavy (non-hydrogen) atoms. The van der Waals surface area contributed by atoms with E-state index in [2.05, 4.69) is 140 Å². The number of rotatable bonds is 14. The molecule has 0 N–H and O–H groups in total. The van der Waals surface area contributed by atoms with Crippen LogP contribution in [0.15, 0.2) is 229 Å². The summed E-state index contributed by atoms with van der Waals surface area (Å²) in [6.07, 6.45) is -41.6. The second-order valence-corrected chi connectivity index (χ2v) is 27.4. The van der Waals surface area contributed by atoms with Gasteiger partial charge >= 0.3 is 49.4 Å². The first-order valence-electron chi connectivity index (χ1n) is 32.8. The minimum absolute atomic E-state index is 0. The minimum Gasteiger partial charge on any atom is -0.472 e. The first-order valence-corrected chi connectivity index (χ1v) is 34.1. The van der Waals surface area contributed by atoms with E-state index in [1.807, 2.05) is 18.2 Å². The Bertz CT molecular complexity index is 3870. The predicted molar refractivity (Wildman–Crippen MR) is 358 cm³/mol. The van der Waals surface area contributed by atoms with Crippen molar-refractivity contribution in [1.82, 2.24) is 0 Å². The molecule has 573 valence electrons. The average Bonchev–Trinajstić information content (AvgIpc) is 1.18. The zero-order valence-corrected chi connectivity index (χ0v) is 59.1. The second kappa shape index (κ2) is 33.8. The van der Waals surface area contributed by atoms with E-state index in [1.54, 1.807) is 0 Å². The van der Waals surface area contributed by atoms with Gasteiger partial charge in [0, 0.05) is 49.1 Å². The first kappa shape index (κ1) is 84.5. The summed E-state index contributed by atoms with van der Waals surface area (Å²) in [4.78, 5) is 5.32. The van der Waals surface area contributed by atoms with Crippen molar-refractivity contribution in [2.75, 3.05) is 0 Å². The van der Waals surface area contributed by atoms with Crippen molar-refractivity contribution in [2.24, 2.45) is 4.99 Å². The number of hydrogen-bond acceptors (Lipinski definition) is 3. The fraction of sp³-hybridized carbons (Fsp3) is 0.286. The summed E-state index contributed by atoms with van der Waals surface area (Å²) in [5.74, 6) is 0.681. The van der Waals surface area contributed by atoms with Crippen molar-refractivity contribution < 1.29 is 135 Å². The number of alkyl halides is 24. The molecule has 30 heteroatoms. The molecule has 9 aromatic rings. The van der Waals surface area contributed by atoms with Gasteiger partial charge in [-0.3, -0.25) is 0 Å². The van der Waals surface area contributed by atoms with Crippen LogP contribution in [0.2, 0.25) is 0 Å². The van der Waals surface area contributed by atoms with Crippen LogP contribution in [0.1, 0.15) is 119 Å². The summed E-state index contributed by atoms with van der Waals surface area (Å²) in [7, 11) is -1.16. The quantitative estimate of drug-likeness (QED) is 0.0617. The molecule has 0 spiro atoms. The fourth-order valence-electron chi connectivity index (χ4n) is 13.1. The van der Waals surface area contributed by atoms with E-state index in [9.17, 15) is 105 Å². The standard InChI is InChI=1S/C37H34NO2P.C32H12BF24.C8H16.Ir/c1-29-35(38-36(39-29)32-21-11-4-12-22-32)37(27-30-17-7-2-8-18-30,28-31-19-9-3-10-20-31)40-41(33-23-13-5-14-24-33)34-25-15-6-16-26-34;34-25(35,36)13-1-14(26(37,38)39)6-21(5-13)33(22-7-15(27(40,41)42)2-16(8-22)28(43,44)45,23-9-17(29(46,47)48)3-18(10-23)30(49,50)51)24-11-19(31(52,53)54)4-20(12-24)32(55,56)57;1-2-4-6-8-7-5-3-1;/h2-26,29,35H,27-28H2,1H3;1-12H;1-8H2;/q;-1;;/t29-,35-;;;/m0.../s1. The van der Waals surface area contributed by atoms with E-state index in [-0.39, 0.29) is 32.3 Å². The van der Waals surface area contributed by atoms with E-state index >= 15 is 0 Å². The van der Waals surface area contributed by atoms with Crippen molar-refractivity contribution in [3.05, 3.63) is 286 Å². The van der Waals surface area contributed by atoms with Gasteiger partial charge < -0.3 is 9.26 Å². The van der Waals surface area contributed by atoms with Crippen LogP contribution in [0.4, 0.5) is 105 Å². The van der Waals surface area contributed by atoms with Crippen molar-refractivity contribution >= 4 is 52.7 Å². The molecule has 1 aliphatic carbocycles. The maximum Gasteiger partial charge on any atom is 0.416 e. The second-order valence-electron chi connectivity index (χ2n) is 25.6. The Morgan fingerprint density at radius 2 is 0.561 bits per heavy atom. The van der Waals surface area contributed by atoms with Gasteiger partial charge in [0.15, 0.2) is 0 Å². The van der Waals surface area contributed by atoms with E-state index < -0.39 is 208 Å². The van der Waals surface area contributed by atoms with Crippen molar-refractivity contribution in [2.45, 2.75) is 138 Å². The van der Waals surface area contributed by atoms with Gasteiger partial charge in [0.25, 0.3) is 0 Å². The fourth-order valence-corrected chi connectivity index (χ4v) is 15.1. The van der Waals surface area contributed by atoms with Crippen molar-refractivity contribution in [3.63, 3.8) is 0 Å². The Labute approximate surface area is 613 Å². The van der Waals surface area contributed by atoms with Crippen LogP contribution in [-0.4, -0.2) is 29.8 Å². The van der Waals surface area contributed by atoms with Gasteiger partial charge in [0.1, 0.15) is 23.9 Å². The molecule has 2 atom stereocenters. The summed E-state index contributed by atoms with van der Waals surface area (Å²) in [6.45, 7) is 2.13. The van der Waals surface area contributed by atoms with E-state index in [1.165, 1.54) is 73.1 Å². The van der Waals surface area contributed by atoms with Crippen LogP contribution in [0, 0.1) is 0 Å². The Balaban J connectivity index is 0.000000251. The van der Waals surface area contributed by atoms with Crippen LogP contribution in [0.25, 0.3) is 0 Å². The molecule has 1 radical (unpaired) electrons. The Kier molecular flexibility index (Phi) is 26.7. The summed E-state index contributed by atoms with van der Waals surface area (Å²) in [6, 6.07) is 43.7. The van der Waals surface area contributed by atoms with Crippen LogP contribution in [-0.2, 0) is 91.6 Å². The Morgan fingerprint density at radius 1 is 0.336 bits per heavy atom. The third-order valence-corrected chi connectivity index (χ3v) is 20.0. The molecule has 0 unspecified atom stereocenters. The zero-order valence-electron chi connectivity index (χ0n) is 55.8. The third kappa shape index (κ3) is 21.4. The molecule has 1 saturated carbocycles. The Hall–Kier alpha value is -8.13. The van der Waals surface area contributed by atoms with Gasteiger partial charge in [-0.15, -0.1) is 0 Å². The smallest absolute Gasteiger partial charge is 0.416 e. The average molecular weight is 1720 g/mol. The monoisotopic (exact) mass is 1720 g/mol. The van der Waals surface area contributed by atoms with Crippen molar-refractivity contribution in [3.8, 4) is 0 Å². The minimum atomic E-state index is -6.13. The summed E-state index contributed by atoms with van der Waals surface area (Å²) >= 11 is 0. The van der Waals surface area contributed by atoms with Crippen LogP contribution in [0.5, 0.6) is 0 Å². The van der Waals surface area contributed by atoms with Gasteiger partial charge in [-0.2, -0.15) is 127 Å². The molecular weight excluding hydrogens is 1660 g/mol. The number of hydrogen-bond donors (Lipinski definition) is 0. The molecule has 1 fully saturated rings. The molecule has 0 saturated heterocycles. The number of halogens is 24. The van der Waals surface area contributed by atoms with E-state index in [0.29, 0.717) is 18.7 Å². The van der Waals surface area contributed by atoms with Gasteiger partial charge in [-0.1, -0.05) is 239 Å². The maximum atomic E-state index is 14.2. The maximum absolute atomic E-state index is 14.2. The third-order valence-electron chi connectivity index (χ3n) is 17.9. The molecule has 11 rings (SSSR count). The summed E-state index contributed by atoms with van der Waals surface area (Å²) in [5.41, 5.74) is -27.5. The van der Waals surface area contributed by atoms with Crippen molar-refractivity contribution in [1.29, 1.82) is 0 Å². The molecule has 0 amide bonds. The molecule has 2 aliphatic rings. The summed E-state index contributed by atoms with van der Waals surface area (Å²) < 4.78 is 355. The number of benzene rings is 9. The first-order chi connectivity index (χ1) is 49.5. The molecule has 0 aromatic heterocycles. The van der Waals surface area contributed by atoms with Crippen LogP contribution in [0.3, 0.4) is 0 Å². The SMILES string of the molecule is C1CCCCCCC1.C[C@@H]1OC(c2ccccc2)=N[C@@H]1C(Cc1ccccc1)(Cc1ccccc1)OP(c1ccccc1)c1ccccc1.FC(F)(F)c1cc([B-](c2cc(C(F)(F)F)cc(C(F)(F)F)c2)(c2cc(C(F)(F)F)cc(C(F)(F)F)c2)c2cc(C(F)(F)F)cc(C(F)(F)F)c2)cc(C(F)(F)F)c1.[Ir]. The number of ether oxygens (including phenoxy) is 1. The van der Waals surface area contributed by atoms with Crippen LogP contribution >= 0.6 is 8.15 Å². The normalized spacial score (nSPS) is 15.9. The van der Waals surface area contributed by atoms with Gasteiger partial charge in [0.2, 0.25) is 5.90 Å². The number of nitrogens with zero attached hydrogens (tertiary/aromatic N) is 1. The predicted octanol–water partition coefficient (Wildman–Crippen LogP) is 21.8. The summed E-state index contributed by atoms with van der Waals surface area (Å²) in [5, 5.41) is 2.36. The molecule has 1 heterocycles. The molecule has 3 nitrogen and oxygen atoms in total. The topological polar surface area (TPSA) is 30.8 Å². The Morgan fingerprint density at radius 3 is 0.794 bits per heavy atom.